The fourth-order valence-electron chi connectivity index (χ4n) is 2.64. The first-order chi connectivity index (χ1) is 10.1. The van der Waals surface area contributed by atoms with E-state index in [1.54, 1.807) is 6.07 Å². The predicted molar refractivity (Wildman–Crippen MR) is 84.2 cm³/mol. The van der Waals surface area contributed by atoms with Crippen molar-refractivity contribution in [2.45, 2.75) is 13.0 Å². The Balaban J connectivity index is 1.98. The highest BCUT2D eigenvalue weighted by molar-refractivity contribution is 7.71. The maximum atomic E-state index is 12.6. The van der Waals surface area contributed by atoms with Gasteiger partial charge < -0.3 is 19.2 Å². The van der Waals surface area contributed by atoms with Crippen LogP contribution in [0.15, 0.2) is 18.2 Å². The summed E-state index contributed by atoms with van der Waals surface area (Å²) < 4.78 is 7.64. The van der Waals surface area contributed by atoms with Crippen molar-refractivity contribution in [1.29, 1.82) is 0 Å². The number of ether oxygens (including phenoxy) is 1. The van der Waals surface area contributed by atoms with E-state index < -0.39 is 0 Å². The van der Waals surface area contributed by atoms with Gasteiger partial charge in [0, 0.05) is 18.1 Å². The first kappa shape index (κ1) is 14.6. The van der Waals surface area contributed by atoms with Crippen molar-refractivity contribution in [3.8, 4) is 0 Å². The molecule has 0 aliphatic carbocycles. The maximum Gasteiger partial charge on any atom is 0.245 e. The van der Waals surface area contributed by atoms with Crippen LogP contribution in [0.4, 0.5) is 0 Å². The second-order valence-corrected chi connectivity index (χ2v) is 5.90. The molecular formula is C14H16ClN3O2S. The molecule has 1 amide bonds. The first-order valence-corrected chi connectivity index (χ1v) is 7.63. The summed E-state index contributed by atoms with van der Waals surface area (Å²) in [5.74, 6) is 0.0512. The molecule has 1 aliphatic heterocycles. The van der Waals surface area contributed by atoms with Gasteiger partial charge in [0.25, 0.3) is 0 Å². The highest BCUT2D eigenvalue weighted by Crippen LogP contribution is 2.24. The number of halogens is 1. The van der Waals surface area contributed by atoms with Crippen LogP contribution in [0.5, 0.6) is 0 Å². The zero-order valence-electron chi connectivity index (χ0n) is 11.6. The van der Waals surface area contributed by atoms with Crippen molar-refractivity contribution in [1.82, 2.24) is 14.5 Å². The Bertz CT molecular complexity index is 733. The Hall–Kier alpha value is -1.37. The topological polar surface area (TPSA) is 50.3 Å². The quantitative estimate of drug-likeness (QED) is 0.864. The summed E-state index contributed by atoms with van der Waals surface area (Å²) >= 11 is 11.4. The SMILES string of the molecule is CC(C(=O)N1CCOCC1)n1c(=S)[nH]c2ccc(Cl)cc21. The van der Waals surface area contributed by atoms with Crippen LogP contribution in [-0.4, -0.2) is 46.7 Å². The number of nitrogens with zero attached hydrogens (tertiary/aromatic N) is 2. The van der Waals surface area contributed by atoms with Gasteiger partial charge in [-0.15, -0.1) is 0 Å². The smallest absolute Gasteiger partial charge is 0.245 e. The lowest BCUT2D eigenvalue weighted by Crippen LogP contribution is -2.43. The van der Waals surface area contributed by atoms with Crippen molar-refractivity contribution < 1.29 is 9.53 Å². The van der Waals surface area contributed by atoms with E-state index in [2.05, 4.69) is 4.98 Å². The summed E-state index contributed by atoms with van der Waals surface area (Å²) in [5.41, 5.74) is 1.73. The first-order valence-electron chi connectivity index (χ1n) is 6.84. The standard InChI is InChI=1S/C14H16ClN3O2S/c1-9(13(19)17-4-6-20-7-5-17)18-12-8-10(15)2-3-11(12)16-14(18)21/h2-3,8-9H,4-7H2,1H3,(H,16,21). The molecular weight excluding hydrogens is 310 g/mol. The van der Waals surface area contributed by atoms with Crippen LogP contribution in [0.2, 0.25) is 5.02 Å². The number of imidazole rings is 1. The lowest BCUT2D eigenvalue weighted by molar-refractivity contribution is -0.138. The number of carbonyl (C=O) groups is 1. The van der Waals surface area contributed by atoms with E-state index in [1.165, 1.54) is 0 Å². The molecule has 1 atom stereocenters. The van der Waals surface area contributed by atoms with Crippen molar-refractivity contribution in [3.63, 3.8) is 0 Å². The number of carbonyl (C=O) groups excluding carboxylic acids is 1. The van der Waals surface area contributed by atoms with Gasteiger partial charge >= 0.3 is 0 Å². The average Bonchev–Trinajstić information content (AvgIpc) is 2.82. The van der Waals surface area contributed by atoms with Crippen LogP contribution in [0.3, 0.4) is 0 Å². The molecule has 0 bridgehead atoms. The lowest BCUT2D eigenvalue weighted by Gasteiger charge is -2.29. The van der Waals surface area contributed by atoms with Gasteiger partial charge in [0.1, 0.15) is 6.04 Å². The number of benzene rings is 1. The summed E-state index contributed by atoms with van der Waals surface area (Å²) in [5, 5.41) is 0.622. The van der Waals surface area contributed by atoms with Crippen LogP contribution in [0.1, 0.15) is 13.0 Å². The molecule has 2 aromatic rings. The number of H-pyrrole nitrogens is 1. The molecule has 7 heteroatoms. The molecule has 0 spiro atoms. The van der Waals surface area contributed by atoms with E-state index >= 15 is 0 Å². The molecule has 3 rings (SSSR count). The van der Waals surface area contributed by atoms with E-state index in [-0.39, 0.29) is 11.9 Å². The Labute approximate surface area is 132 Å². The molecule has 2 heterocycles. The third kappa shape index (κ3) is 2.71. The molecule has 1 unspecified atom stereocenters. The largest absolute Gasteiger partial charge is 0.378 e. The fourth-order valence-corrected chi connectivity index (χ4v) is 3.17. The van der Waals surface area contributed by atoms with Gasteiger partial charge in [-0.2, -0.15) is 0 Å². The zero-order valence-corrected chi connectivity index (χ0v) is 13.2. The van der Waals surface area contributed by atoms with Gasteiger partial charge in [-0.3, -0.25) is 4.79 Å². The second kappa shape index (κ2) is 5.79. The maximum absolute atomic E-state index is 12.6. The van der Waals surface area contributed by atoms with Gasteiger partial charge in [-0.1, -0.05) is 11.6 Å². The zero-order chi connectivity index (χ0) is 15.0. The molecule has 5 nitrogen and oxygen atoms in total. The third-order valence-corrected chi connectivity index (χ3v) is 4.28. The van der Waals surface area contributed by atoms with Crippen molar-refractivity contribution in [3.05, 3.63) is 28.0 Å². The van der Waals surface area contributed by atoms with E-state index in [4.69, 9.17) is 28.6 Å². The molecule has 1 N–H and O–H groups in total. The molecule has 0 saturated carbocycles. The minimum atomic E-state index is -0.372. The number of aromatic amines is 1. The number of nitrogens with one attached hydrogen (secondary N) is 1. The van der Waals surface area contributed by atoms with Crippen LogP contribution >= 0.6 is 23.8 Å². The van der Waals surface area contributed by atoms with Gasteiger partial charge in [0.05, 0.1) is 24.2 Å². The van der Waals surface area contributed by atoms with Crippen LogP contribution in [0, 0.1) is 4.77 Å². The van der Waals surface area contributed by atoms with Gasteiger partial charge in [-0.05, 0) is 37.3 Å². The average molecular weight is 326 g/mol. The highest BCUT2D eigenvalue weighted by Gasteiger charge is 2.25. The number of morpholine rings is 1. The van der Waals surface area contributed by atoms with E-state index in [0.717, 1.165) is 11.0 Å². The number of amides is 1. The summed E-state index contributed by atoms with van der Waals surface area (Å²) in [4.78, 5) is 17.6. The number of fused-ring (bicyclic) bond motifs is 1. The van der Waals surface area contributed by atoms with E-state index in [1.807, 2.05) is 28.5 Å². The Morgan fingerprint density at radius 3 is 2.86 bits per heavy atom. The van der Waals surface area contributed by atoms with Crippen LogP contribution in [0.25, 0.3) is 11.0 Å². The van der Waals surface area contributed by atoms with Crippen molar-refractivity contribution >= 4 is 40.8 Å². The normalized spacial score (nSPS) is 17.1. The Morgan fingerprint density at radius 1 is 1.43 bits per heavy atom. The van der Waals surface area contributed by atoms with Gasteiger partial charge in [0.2, 0.25) is 5.91 Å². The van der Waals surface area contributed by atoms with E-state index in [9.17, 15) is 4.79 Å². The third-order valence-electron chi connectivity index (χ3n) is 3.75. The van der Waals surface area contributed by atoms with Crippen molar-refractivity contribution in [2.24, 2.45) is 0 Å². The number of hydrogen-bond donors (Lipinski definition) is 1. The monoisotopic (exact) mass is 325 g/mol. The highest BCUT2D eigenvalue weighted by atomic mass is 35.5. The predicted octanol–water partition coefficient (Wildman–Crippen LogP) is 2.77. The summed E-state index contributed by atoms with van der Waals surface area (Å²) in [6.45, 7) is 4.29. The van der Waals surface area contributed by atoms with Crippen molar-refractivity contribution in [2.75, 3.05) is 26.3 Å². The van der Waals surface area contributed by atoms with Gasteiger partial charge in [-0.25, -0.2) is 0 Å². The van der Waals surface area contributed by atoms with Crippen LogP contribution < -0.4 is 0 Å². The second-order valence-electron chi connectivity index (χ2n) is 5.08. The fraction of sp³-hybridized carbons (Fsp3) is 0.429. The number of hydrogen-bond acceptors (Lipinski definition) is 3. The molecule has 1 saturated heterocycles. The Kier molecular flexibility index (Phi) is 4.01. The lowest BCUT2D eigenvalue weighted by atomic mass is 10.2. The molecule has 1 aromatic heterocycles. The molecule has 21 heavy (non-hydrogen) atoms. The molecule has 0 radical (unpaired) electrons. The molecule has 1 aromatic carbocycles. The van der Waals surface area contributed by atoms with Crippen LogP contribution in [-0.2, 0) is 9.53 Å². The molecule has 112 valence electrons. The molecule has 1 fully saturated rings. The Morgan fingerprint density at radius 2 is 2.14 bits per heavy atom. The summed E-state index contributed by atoms with van der Waals surface area (Å²) in [6.07, 6.45) is 0. The van der Waals surface area contributed by atoms with Gasteiger partial charge in [0.15, 0.2) is 4.77 Å². The number of rotatable bonds is 2. The number of aromatic nitrogens is 2. The summed E-state index contributed by atoms with van der Waals surface area (Å²) in [7, 11) is 0. The minimum absolute atomic E-state index is 0.0512. The minimum Gasteiger partial charge on any atom is -0.378 e. The van der Waals surface area contributed by atoms with E-state index in [0.29, 0.717) is 36.1 Å². The molecule has 1 aliphatic rings. The summed E-state index contributed by atoms with van der Waals surface area (Å²) in [6, 6.07) is 5.12.